The number of anilines is 1. The van der Waals surface area contributed by atoms with E-state index < -0.39 is 17.6 Å². The first-order chi connectivity index (χ1) is 9.27. The molecule has 1 atom stereocenters. The largest absolute Gasteiger partial charge is 0.419 e. The Bertz CT molecular complexity index is 471. The van der Waals surface area contributed by atoms with Crippen LogP contribution in [-0.2, 0) is 6.18 Å². The number of nitrogens with zero attached hydrogens (tertiary/aromatic N) is 1. The van der Waals surface area contributed by atoms with E-state index in [0.717, 1.165) is 18.6 Å². The third-order valence-electron chi connectivity index (χ3n) is 3.38. The van der Waals surface area contributed by atoms with Gasteiger partial charge in [-0.3, -0.25) is 0 Å². The summed E-state index contributed by atoms with van der Waals surface area (Å²) in [5, 5.41) is 3.36. The van der Waals surface area contributed by atoms with Gasteiger partial charge in [-0.05, 0) is 24.6 Å². The van der Waals surface area contributed by atoms with Crippen LogP contribution in [0.2, 0.25) is 0 Å². The lowest BCUT2D eigenvalue weighted by molar-refractivity contribution is -0.139. The average Bonchev–Trinajstić information content (AvgIpc) is 2.75. The Morgan fingerprint density at radius 3 is 2.60 bits per heavy atom. The van der Waals surface area contributed by atoms with Crippen molar-refractivity contribution in [1.29, 1.82) is 0 Å². The molecule has 6 heteroatoms. The maximum absolute atomic E-state index is 13.3. The molecular formula is C14H18F4N2. The van der Waals surface area contributed by atoms with Gasteiger partial charge in [-0.15, -0.1) is 0 Å². The molecule has 0 saturated carbocycles. The molecule has 1 aromatic carbocycles. The Morgan fingerprint density at radius 2 is 2.00 bits per heavy atom. The van der Waals surface area contributed by atoms with Crippen LogP contribution in [0.4, 0.5) is 23.2 Å². The van der Waals surface area contributed by atoms with E-state index in [1.807, 2.05) is 18.7 Å². The predicted molar refractivity (Wildman–Crippen MR) is 70.3 cm³/mol. The summed E-state index contributed by atoms with van der Waals surface area (Å²) in [5.41, 5.74) is -0.776. The molecule has 1 heterocycles. The number of halogens is 4. The molecule has 1 unspecified atom stereocenters. The van der Waals surface area contributed by atoms with Crippen LogP contribution in [0.25, 0.3) is 0 Å². The van der Waals surface area contributed by atoms with Gasteiger partial charge in [0.1, 0.15) is 5.82 Å². The highest BCUT2D eigenvalue weighted by Crippen LogP contribution is 2.34. The van der Waals surface area contributed by atoms with E-state index in [1.165, 1.54) is 6.07 Å². The molecule has 1 aliphatic rings. The smallest absolute Gasteiger partial charge is 0.370 e. The second-order valence-electron chi connectivity index (χ2n) is 5.41. The SMILES string of the molecule is CC(C)NC1CCN(c2ccc(F)c(C(F)(F)F)c2)C1. The maximum atomic E-state index is 13.3. The van der Waals surface area contributed by atoms with E-state index in [-0.39, 0.29) is 6.04 Å². The molecule has 20 heavy (non-hydrogen) atoms. The zero-order chi connectivity index (χ0) is 14.9. The fourth-order valence-corrected chi connectivity index (χ4v) is 2.53. The summed E-state index contributed by atoms with van der Waals surface area (Å²) in [6, 6.07) is 3.78. The zero-order valence-corrected chi connectivity index (χ0v) is 11.5. The van der Waals surface area contributed by atoms with Crippen molar-refractivity contribution in [3.05, 3.63) is 29.6 Å². The third-order valence-corrected chi connectivity index (χ3v) is 3.38. The van der Waals surface area contributed by atoms with Crippen molar-refractivity contribution in [2.75, 3.05) is 18.0 Å². The molecule has 0 amide bonds. The van der Waals surface area contributed by atoms with Crippen molar-refractivity contribution in [2.24, 2.45) is 0 Å². The van der Waals surface area contributed by atoms with Crippen LogP contribution < -0.4 is 10.2 Å². The molecular weight excluding hydrogens is 272 g/mol. The fraction of sp³-hybridized carbons (Fsp3) is 0.571. The Balaban J connectivity index is 2.15. The minimum Gasteiger partial charge on any atom is -0.370 e. The number of alkyl halides is 3. The second kappa shape index (κ2) is 5.60. The molecule has 0 bridgehead atoms. The van der Waals surface area contributed by atoms with E-state index in [1.54, 1.807) is 0 Å². The van der Waals surface area contributed by atoms with Gasteiger partial charge in [0.2, 0.25) is 0 Å². The van der Waals surface area contributed by atoms with Crippen molar-refractivity contribution in [2.45, 2.75) is 38.5 Å². The molecule has 0 aliphatic carbocycles. The number of hydrogen-bond donors (Lipinski definition) is 1. The van der Waals surface area contributed by atoms with Crippen LogP contribution in [0.3, 0.4) is 0 Å². The zero-order valence-electron chi connectivity index (χ0n) is 11.5. The van der Waals surface area contributed by atoms with Crippen LogP contribution in [0, 0.1) is 5.82 Å². The van der Waals surface area contributed by atoms with Crippen LogP contribution in [0.15, 0.2) is 18.2 Å². The molecule has 1 aliphatic heterocycles. The molecule has 1 aromatic rings. The second-order valence-corrected chi connectivity index (χ2v) is 5.41. The van der Waals surface area contributed by atoms with E-state index in [2.05, 4.69) is 5.32 Å². The molecule has 1 fully saturated rings. The summed E-state index contributed by atoms with van der Waals surface area (Å²) in [7, 11) is 0. The maximum Gasteiger partial charge on any atom is 0.419 e. The highest BCUT2D eigenvalue weighted by Gasteiger charge is 2.35. The number of rotatable bonds is 3. The number of nitrogens with one attached hydrogen (secondary N) is 1. The van der Waals surface area contributed by atoms with Crippen LogP contribution in [-0.4, -0.2) is 25.2 Å². The molecule has 0 aromatic heterocycles. The topological polar surface area (TPSA) is 15.3 Å². The summed E-state index contributed by atoms with van der Waals surface area (Å²) >= 11 is 0. The first kappa shape index (κ1) is 15.1. The Morgan fingerprint density at radius 1 is 1.30 bits per heavy atom. The van der Waals surface area contributed by atoms with Crippen molar-refractivity contribution in [3.63, 3.8) is 0 Å². The summed E-state index contributed by atoms with van der Waals surface area (Å²) in [6.07, 6.45) is -3.79. The minimum absolute atomic E-state index is 0.259. The molecule has 1 saturated heterocycles. The Hall–Kier alpha value is -1.30. The van der Waals surface area contributed by atoms with E-state index in [9.17, 15) is 17.6 Å². The van der Waals surface area contributed by atoms with Crippen LogP contribution in [0.1, 0.15) is 25.8 Å². The van der Waals surface area contributed by atoms with Gasteiger partial charge in [-0.2, -0.15) is 13.2 Å². The molecule has 0 radical (unpaired) electrons. The Labute approximate surface area is 115 Å². The van der Waals surface area contributed by atoms with E-state index in [0.29, 0.717) is 24.8 Å². The van der Waals surface area contributed by atoms with Gasteiger partial charge in [0.25, 0.3) is 0 Å². The molecule has 112 valence electrons. The average molecular weight is 290 g/mol. The summed E-state index contributed by atoms with van der Waals surface area (Å²) < 4.78 is 51.3. The third kappa shape index (κ3) is 3.42. The Kier molecular flexibility index (Phi) is 4.22. The molecule has 1 N–H and O–H groups in total. The van der Waals surface area contributed by atoms with Crippen LogP contribution >= 0.6 is 0 Å². The summed E-state index contributed by atoms with van der Waals surface area (Å²) in [4.78, 5) is 1.86. The normalized spacial score (nSPS) is 19.9. The highest BCUT2D eigenvalue weighted by atomic mass is 19.4. The van der Waals surface area contributed by atoms with Gasteiger partial charge < -0.3 is 10.2 Å². The van der Waals surface area contributed by atoms with Gasteiger partial charge >= 0.3 is 6.18 Å². The minimum atomic E-state index is -4.66. The molecule has 2 nitrogen and oxygen atoms in total. The lowest BCUT2D eigenvalue weighted by Gasteiger charge is -2.21. The van der Waals surface area contributed by atoms with Crippen molar-refractivity contribution >= 4 is 5.69 Å². The van der Waals surface area contributed by atoms with Crippen molar-refractivity contribution in [1.82, 2.24) is 5.32 Å². The molecule has 0 spiro atoms. The standard InChI is InChI=1S/C14H18F4N2/c1-9(2)19-10-5-6-20(8-10)11-3-4-13(15)12(7-11)14(16,17)18/h3-4,7,9-10,19H,5-6,8H2,1-2H3. The number of benzene rings is 1. The van der Waals surface area contributed by atoms with Gasteiger partial charge in [-0.1, -0.05) is 13.8 Å². The summed E-state index contributed by atoms with van der Waals surface area (Å²) in [6.45, 7) is 5.37. The monoisotopic (exact) mass is 290 g/mol. The lowest BCUT2D eigenvalue weighted by Crippen LogP contribution is -2.37. The highest BCUT2D eigenvalue weighted by molar-refractivity contribution is 5.50. The van der Waals surface area contributed by atoms with E-state index >= 15 is 0 Å². The van der Waals surface area contributed by atoms with Gasteiger partial charge in [0, 0.05) is 30.9 Å². The van der Waals surface area contributed by atoms with Crippen molar-refractivity contribution in [3.8, 4) is 0 Å². The lowest BCUT2D eigenvalue weighted by atomic mass is 10.1. The quantitative estimate of drug-likeness (QED) is 0.858. The van der Waals surface area contributed by atoms with Crippen LogP contribution in [0.5, 0.6) is 0 Å². The summed E-state index contributed by atoms with van der Waals surface area (Å²) in [5.74, 6) is -1.22. The van der Waals surface area contributed by atoms with Crippen molar-refractivity contribution < 1.29 is 17.6 Å². The van der Waals surface area contributed by atoms with Gasteiger partial charge in [0.05, 0.1) is 5.56 Å². The molecule has 2 rings (SSSR count). The first-order valence-corrected chi connectivity index (χ1v) is 6.65. The predicted octanol–water partition coefficient (Wildman–Crippen LogP) is 3.42. The van der Waals surface area contributed by atoms with E-state index in [4.69, 9.17) is 0 Å². The number of hydrogen-bond acceptors (Lipinski definition) is 2. The van der Waals surface area contributed by atoms with Gasteiger partial charge in [0.15, 0.2) is 0 Å². The van der Waals surface area contributed by atoms with Gasteiger partial charge in [-0.25, -0.2) is 4.39 Å². The fourth-order valence-electron chi connectivity index (χ4n) is 2.53. The first-order valence-electron chi connectivity index (χ1n) is 6.65.